The van der Waals surface area contributed by atoms with E-state index in [2.05, 4.69) is 10.6 Å². The van der Waals surface area contributed by atoms with Gasteiger partial charge in [0.1, 0.15) is 22.5 Å². The number of nitrogens with zero attached hydrogens (tertiary/aromatic N) is 3. The van der Waals surface area contributed by atoms with Crippen LogP contribution in [-0.4, -0.2) is 36.6 Å². The molecule has 2 N–H and O–H groups in total. The molecule has 0 spiro atoms. The summed E-state index contributed by atoms with van der Waals surface area (Å²) in [5.41, 5.74) is 1.32. The molecular formula is C24H28ClF2N5. The smallest absolute Gasteiger partial charge is 0.225 e. The molecule has 0 unspecified atom stereocenters. The van der Waals surface area contributed by atoms with Crippen LogP contribution in [0.4, 0.5) is 20.5 Å². The minimum atomic E-state index is -0.730. The second-order valence-electron chi connectivity index (χ2n) is 8.61. The van der Waals surface area contributed by atoms with E-state index in [4.69, 9.17) is 21.6 Å². The van der Waals surface area contributed by atoms with Crippen molar-refractivity contribution in [3.63, 3.8) is 0 Å². The summed E-state index contributed by atoms with van der Waals surface area (Å²) >= 11 is 5.65. The van der Waals surface area contributed by atoms with E-state index < -0.39 is 16.7 Å². The van der Waals surface area contributed by atoms with Crippen LogP contribution in [0.25, 0.3) is 10.9 Å². The van der Waals surface area contributed by atoms with E-state index in [0.29, 0.717) is 30.0 Å². The second-order valence-corrected chi connectivity index (χ2v) is 8.99. The lowest BCUT2D eigenvalue weighted by molar-refractivity contribution is 0.323. The summed E-state index contributed by atoms with van der Waals surface area (Å²) in [7, 11) is 3.98. The molecule has 0 amide bonds. The Morgan fingerprint density at radius 1 is 1.03 bits per heavy atom. The van der Waals surface area contributed by atoms with Gasteiger partial charge in [-0.05, 0) is 56.3 Å². The fourth-order valence-corrected chi connectivity index (χ4v) is 4.46. The number of fused-ring (bicyclic) bond motifs is 1. The molecule has 170 valence electrons. The summed E-state index contributed by atoms with van der Waals surface area (Å²) in [5.74, 6) is 0.676. The molecule has 1 fully saturated rings. The third kappa shape index (κ3) is 5.10. The first-order chi connectivity index (χ1) is 15.4. The molecule has 0 saturated heterocycles. The van der Waals surface area contributed by atoms with E-state index in [1.807, 2.05) is 43.3 Å². The fraction of sp³-hybridized carbons (Fsp3) is 0.417. The van der Waals surface area contributed by atoms with Crippen LogP contribution < -0.4 is 15.5 Å². The van der Waals surface area contributed by atoms with Crippen LogP contribution in [0.5, 0.6) is 0 Å². The zero-order chi connectivity index (χ0) is 22.7. The number of rotatable bonds is 7. The maximum Gasteiger partial charge on any atom is 0.225 e. The van der Waals surface area contributed by atoms with Crippen LogP contribution in [0.15, 0.2) is 36.4 Å². The van der Waals surface area contributed by atoms with Gasteiger partial charge in [-0.1, -0.05) is 29.8 Å². The predicted molar refractivity (Wildman–Crippen MR) is 126 cm³/mol. The molecule has 0 atom stereocenters. The van der Waals surface area contributed by atoms with E-state index in [1.165, 1.54) is 12.1 Å². The predicted octanol–water partition coefficient (Wildman–Crippen LogP) is 5.39. The molecule has 0 aliphatic heterocycles. The van der Waals surface area contributed by atoms with Crippen molar-refractivity contribution in [1.82, 2.24) is 15.3 Å². The number of nitrogens with one attached hydrogen (secondary N) is 2. The first-order valence-corrected chi connectivity index (χ1v) is 11.3. The Morgan fingerprint density at radius 2 is 1.78 bits per heavy atom. The van der Waals surface area contributed by atoms with Crippen molar-refractivity contribution < 1.29 is 8.78 Å². The van der Waals surface area contributed by atoms with Crippen LogP contribution in [0, 0.1) is 17.6 Å². The van der Waals surface area contributed by atoms with E-state index in [-0.39, 0.29) is 0 Å². The number of halogens is 3. The van der Waals surface area contributed by atoms with Gasteiger partial charge in [0.15, 0.2) is 0 Å². The molecule has 5 nitrogen and oxygen atoms in total. The number of benzene rings is 2. The van der Waals surface area contributed by atoms with Crippen molar-refractivity contribution in [3.8, 4) is 0 Å². The van der Waals surface area contributed by atoms with Crippen LogP contribution >= 0.6 is 11.6 Å². The Hall–Kier alpha value is -2.51. The van der Waals surface area contributed by atoms with Crippen molar-refractivity contribution in [2.45, 2.75) is 38.3 Å². The van der Waals surface area contributed by atoms with Gasteiger partial charge in [-0.3, -0.25) is 0 Å². The Morgan fingerprint density at radius 3 is 2.53 bits per heavy atom. The van der Waals surface area contributed by atoms with Gasteiger partial charge in [0.05, 0.1) is 5.52 Å². The van der Waals surface area contributed by atoms with Crippen molar-refractivity contribution in [2.24, 2.45) is 5.92 Å². The number of aromatic nitrogens is 2. The van der Waals surface area contributed by atoms with Gasteiger partial charge in [-0.15, -0.1) is 0 Å². The number of hydrogen-bond donors (Lipinski definition) is 2. The lowest BCUT2D eigenvalue weighted by Gasteiger charge is -2.29. The molecule has 0 radical (unpaired) electrons. The summed E-state index contributed by atoms with van der Waals surface area (Å²) in [6, 6.07) is 11.0. The highest BCUT2D eigenvalue weighted by Crippen LogP contribution is 2.28. The van der Waals surface area contributed by atoms with Gasteiger partial charge in [-0.25, -0.2) is 13.8 Å². The van der Waals surface area contributed by atoms with Gasteiger partial charge in [0.25, 0.3) is 0 Å². The number of anilines is 2. The number of para-hydroxylation sites is 1. The summed E-state index contributed by atoms with van der Waals surface area (Å²) in [6.45, 7) is 1.13. The van der Waals surface area contributed by atoms with E-state index in [1.54, 1.807) is 0 Å². The average Bonchev–Trinajstić information content (AvgIpc) is 2.79. The van der Waals surface area contributed by atoms with Crippen molar-refractivity contribution >= 4 is 34.3 Å². The molecule has 2 aromatic carbocycles. The quantitative estimate of drug-likeness (QED) is 0.464. The lowest BCUT2D eigenvalue weighted by Crippen LogP contribution is -2.31. The van der Waals surface area contributed by atoms with Crippen LogP contribution in [0.3, 0.4) is 0 Å². The van der Waals surface area contributed by atoms with Gasteiger partial charge < -0.3 is 15.5 Å². The molecule has 0 bridgehead atoms. The molecule has 1 aliphatic rings. The fourth-order valence-electron chi connectivity index (χ4n) is 4.27. The largest absolute Gasteiger partial charge is 0.362 e. The zero-order valence-corrected chi connectivity index (χ0v) is 19.1. The molecule has 1 saturated carbocycles. The van der Waals surface area contributed by atoms with E-state index in [0.717, 1.165) is 48.9 Å². The minimum Gasteiger partial charge on any atom is -0.362 e. The first kappa shape index (κ1) is 22.7. The Bertz CT molecular complexity index is 1080. The van der Waals surface area contributed by atoms with Gasteiger partial charge >= 0.3 is 0 Å². The number of hydrogen-bond acceptors (Lipinski definition) is 5. The van der Waals surface area contributed by atoms with E-state index >= 15 is 0 Å². The topological polar surface area (TPSA) is 53.1 Å². The van der Waals surface area contributed by atoms with Crippen LogP contribution in [-0.2, 0) is 6.54 Å². The second kappa shape index (κ2) is 9.96. The highest BCUT2D eigenvalue weighted by Gasteiger charge is 2.22. The maximum absolute atomic E-state index is 14.0. The van der Waals surface area contributed by atoms with Gasteiger partial charge in [-0.2, -0.15) is 4.98 Å². The highest BCUT2D eigenvalue weighted by atomic mass is 35.5. The van der Waals surface area contributed by atoms with Crippen molar-refractivity contribution in [3.05, 3.63) is 58.6 Å². The normalized spacial score (nSPS) is 18.7. The summed E-state index contributed by atoms with van der Waals surface area (Å²) in [4.78, 5) is 11.4. The van der Waals surface area contributed by atoms with Crippen LogP contribution in [0.1, 0.15) is 31.2 Å². The minimum absolute atomic E-state index is 0.329. The third-order valence-electron chi connectivity index (χ3n) is 6.05. The molecule has 1 aromatic heterocycles. The SMILES string of the molecule is CN(C)c1nc(N[C@H]2CC[C@@H](CNCc3ccc(F)c(Cl)c3F)CC2)nc2ccccc12. The molecule has 1 aliphatic carbocycles. The summed E-state index contributed by atoms with van der Waals surface area (Å²) in [5, 5.41) is 7.41. The molecule has 4 rings (SSSR count). The standard InChI is InChI=1S/C24H28ClF2N5/c1-32(2)23-18-5-3-4-6-20(18)30-24(31-23)29-17-10-7-15(8-11-17)13-28-14-16-9-12-19(26)21(25)22(16)27/h3-6,9,12,15,17,28H,7-8,10-11,13-14H2,1-2H3,(H,29,30,31)/t15-,17+. The molecule has 3 aromatic rings. The third-order valence-corrected chi connectivity index (χ3v) is 6.40. The molecule has 32 heavy (non-hydrogen) atoms. The Balaban J connectivity index is 1.29. The maximum atomic E-state index is 14.0. The zero-order valence-electron chi connectivity index (χ0n) is 18.3. The van der Waals surface area contributed by atoms with Gasteiger partial charge in [0, 0.05) is 37.6 Å². The monoisotopic (exact) mass is 459 g/mol. The molecule has 8 heteroatoms. The van der Waals surface area contributed by atoms with Crippen LogP contribution in [0.2, 0.25) is 5.02 Å². The van der Waals surface area contributed by atoms with Crippen molar-refractivity contribution in [2.75, 3.05) is 30.9 Å². The lowest BCUT2D eigenvalue weighted by atomic mass is 9.86. The highest BCUT2D eigenvalue weighted by molar-refractivity contribution is 6.30. The van der Waals surface area contributed by atoms with Gasteiger partial charge in [0.2, 0.25) is 5.95 Å². The first-order valence-electron chi connectivity index (χ1n) is 11.0. The molecular weight excluding hydrogens is 432 g/mol. The average molecular weight is 460 g/mol. The Labute approximate surface area is 192 Å². The van der Waals surface area contributed by atoms with E-state index in [9.17, 15) is 8.78 Å². The summed E-state index contributed by atoms with van der Waals surface area (Å²) in [6.07, 6.45) is 4.17. The van der Waals surface area contributed by atoms with Crippen molar-refractivity contribution in [1.29, 1.82) is 0 Å². The summed E-state index contributed by atoms with van der Waals surface area (Å²) < 4.78 is 27.3. The molecule has 1 heterocycles. The Kier molecular flexibility index (Phi) is 7.06.